The van der Waals surface area contributed by atoms with Gasteiger partial charge in [0, 0.05) is 20.3 Å². The molecule has 0 heterocycles. The average molecular weight is 607 g/mol. The first kappa shape index (κ1) is 42.4. The highest BCUT2D eigenvalue weighted by Crippen LogP contribution is 2.12. The van der Waals surface area contributed by atoms with Crippen molar-refractivity contribution in [3.05, 3.63) is 24.3 Å². The fraction of sp³-hybridized carbons (Fsp3) is 0.900. The third-order valence-corrected chi connectivity index (χ3v) is 8.47. The molecule has 43 heavy (non-hydrogen) atoms. The average Bonchev–Trinajstić information content (AvgIpc) is 3.01. The lowest BCUT2D eigenvalue weighted by molar-refractivity contribution is -0.0525. The Balaban J connectivity index is 3.42. The van der Waals surface area contributed by atoms with Gasteiger partial charge in [-0.2, -0.15) is 0 Å². The first-order chi connectivity index (χ1) is 21.3. The Kier molecular flexibility index (Phi) is 38.8. The van der Waals surface area contributed by atoms with E-state index >= 15 is 0 Å². The van der Waals surface area contributed by atoms with Crippen LogP contribution >= 0.6 is 0 Å². The van der Waals surface area contributed by atoms with Crippen LogP contribution in [-0.2, 0) is 14.2 Å². The van der Waals surface area contributed by atoms with Gasteiger partial charge in [0.1, 0.15) is 6.10 Å². The summed E-state index contributed by atoms with van der Waals surface area (Å²) in [5.41, 5.74) is 0. The number of allylic oxidation sites excluding steroid dienone is 4. The molecule has 256 valence electrons. The van der Waals surface area contributed by atoms with Crippen molar-refractivity contribution in [1.29, 1.82) is 0 Å². The SMILES string of the molecule is CCCCCCCC/C=C\CCCCCCCCOCC(COC)OCCCCCCCC/C=C\CCCCCCCC. The van der Waals surface area contributed by atoms with Gasteiger partial charge in [-0.25, -0.2) is 0 Å². The van der Waals surface area contributed by atoms with Crippen molar-refractivity contribution in [3.8, 4) is 0 Å². The minimum atomic E-state index is 0.0715. The second-order valence-corrected chi connectivity index (χ2v) is 12.9. The van der Waals surface area contributed by atoms with Crippen LogP contribution in [0.25, 0.3) is 0 Å². The summed E-state index contributed by atoms with van der Waals surface area (Å²) in [6.07, 6.45) is 47.2. The van der Waals surface area contributed by atoms with E-state index in [1.807, 2.05) is 0 Å². The van der Waals surface area contributed by atoms with Crippen molar-refractivity contribution >= 4 is 0 Å². The molecule has 3 heteroatoms. The Bertz CT molecular complexity index is 544. The van der Waals surface area contributed by atoms with Gasteiger partial charge < -0.3 is 14.2 Å². The van der Waals surface area contributed by atoms with Crippen LogP contribution in [0.5, 0.6) is 0 Å². The summed E-state index contributed by atoms with van der Waals surface area (Å²) in [6.45, 7) is 7.53. The van der Waals surface area contributed by atoms with Crippen LogP contribution in [0.3, 0.4) is 0 Å². The van der Waals surface area contributed by atoms with Crippen LogP contribution in [-0.4, -0.2) is 39.6 Å². The van der Waals surface area contributed by atoms with Crippen LogP contribution in [0, 0.1) is 0 Å². The van der Waals surface area contributed by atoms with Crippen molar-refractivity contribution in [3.63, 3.8) is 0 Å². The molecule has 0 fully saturated rings. The maximum Gasteiger partial charge on any atom is 0.104 e. The molecule has 0 radical (unpaired) electrons. The maximum atomic E-state index is 6.07. The summed E-state index contributed by atoms with van der Waals surface area (Å²) in [5, 5.41) is 0. The number of rotatable bonds is 37. The molecule has 3 nitrogen and oxygen atoms in total. The van der Waals surface area contributed by atoms with E-state index in [0.29, 0.717) is 13.2 Å². The van der Waals surface area contributed by atoms with E-state index in [0.717, 1.165) is 26.1 Å². The molecule has 0 rings (SSSR count). The van der Waals surface area contributed by atoms with E-state index in [1.165, 1.54) is 167 Å². The highest BCUT2D eigenvalue weighted by Gasteiger charge is 2.09. The van der Waals surface area contributed by atoms with Crippen molar-refractivity contribution in [2.75, 3.05) is 33.5 Å². The molecule has 0 aliphatic heterocycles. The lowest BCUT2D eigenvalue weighted by atomic mass is 10.1. The van der Waals surface area contributed by atoms with Gasteiger partial charge in [-0.1, -0.05) is 154 Å². The zero-order chi connectivity index (χ0) is 31.2. The van der Waals surface area contributed by atoms with E-state index in [-0.39, 0.29) is 6.10 Å². The van der Waals surface area contributed by atoms with Crippen molar-refractivity contribution in [1.82, 2.24) is 0 Å². The zero-order valence-corrected chi connectivity index (χ0v) is 29.7. The van der Waals surface area contributed by atoms with Crippen LogP contribution in [0.1, 0.15) is 194 Å². The van der Waals surface area contributed by atoms with Gasteiger partial charge in [-0.05, 0) is 64.2 Å². The van der Waals surface area contributed by atoms with Gasteiger partial charge in [0.25, 0.3) is 0 Å². The molecule has 0 aliphatic carbocycles. The molecule has 0 saturated heterocycles. The second-order valence-electron chi connectivity index (χ2n) is 12.9. The topological polar surface area (TPSA) is 27.7 Å². The summed E-state index contributed by atoms with van der Waals surface area (Å²) in [7, 11) is 1.76. The number of methoxy groups -OCH3 is 1. The number of unbranched alkanes of at least 4 members (excludes halogenated alkanes) is 24. The molecule has 0 spiro atoms. The molecule has 0 aliphatic rings. The highest BCUT2D eigenvalue weighted by molar-refractivity contribution is 4.82. The lowest BCUT2D eigenvalue weighted by Gasteiger charge is -2.17. The minimum Gasteiger partial charge on any atom is -0.382 e. The van der Waals surface area contributed by atoms with E-state index in [1.54, 1.807) is 7.11 Å². The van der Waals surface area contributed by atoms with Gasteiger partial charge in [0.05, 0.1) is 13.2 Å². The predicted octanol–water partition coefficient (Wildman–Crippen LogP) is 13.1. The summed E-state index contributed by atoms with van der Waals surface area (Å²) >= 11 is 0. The molecule has 0 aromatic heterocycles. The van der Waals surface area contributed by atoms with Gasteiger partial charge in [0.15, 0.2) is 0 Å². The van der Waals surface area contributed by atoms with Gasteiger partial charge in [-0.15, -0.1) is 0 Å². The van der Waals surface area contributed by atoms with Gasteiger partial charge >= 0.3 is 0 Å². The predicted molar refractivity (Wildman–Crippen MR) is 191 cm³/mol. The summed E-state index contributed by atoms with van der Waals surface area (Å²) in [4.78, 5) is 0. The smallest absolute Gasteiger partial charge is 0.104 e. The lowest BCUT2D eigenvalue weighted by Crippen LogP contribution is -2.26. The standard InChI is InChI=1S/C40H78O3/c1-4-6-8-10-12-14-16-18-20-22-24-26-28-30-32-34-36-42-39-40(38-41-3)43-37-35-33-31-29-27-25-23-21-19-17-15-13-11-9-7-5-2/h18-21,40H,4-17,22-39H2,1-3H3/b20-18-,21-19-. The summed E-state index contributed by atoms with van der Waals surface area (Å²) in [6, 6.07) is 0. The minimum absolute atomic E-state index is 0.0715. The zero-order valence-electron chi connectivity index (χ0n) is 29.7. The molecule has 0 aromatic carbocycles. The first-order valence-electron chi connectivity index (χ1n) is 19.3. The number of hydrogen-bond acceptors (Lipinski definition) is 3. The summed E-state index contributed by atoms with van der Waals surface area (Å²) < 4.78 is 17.4. The van der Waals surface area contributed by atoms with E-state index in [4.69, 9.17) is 14.2 Å². The maximum absolute atomic E-state index is 6.07. The molecular weight excluding hydrogens is 528 g/mol. The van der Waals surface area contributed by atoms with Crippen molar-refractivity contribution < 1.29 is 14.2 Å². The largest absolute Gasteiger partial charge is 0.382 e. The number of ether oxygens (including phenoxy) is 3. The third-order valence-electron chi connectivity index (χ3n) is 8.47. The molecule has 0 amide bonds. The quantitative estimate of drug-likeness (QED) is 0.0520. The Morgan fingerprint density at radius 1 is 0.395 bits per heavy atom. The van der Waals surface area contributed by atoms with E-state index in [2.05, 4.69) is 38.2 Å². The Hall–Kier alpha value is -0.640. The fourth-order valence-corrected chi connectivity index (χ4v) is 5.60. The molecule has 1 unspecified atom stereocenters. The highest BCUT2D eigenvalue weighted by atomic mass is 16.6. The van der Waals surface area contributed by atoms with E-state index < -0.39 is 0 Å². The monoisotopic (exact) mass is 607 g/mol. The molecule has 1 atom stereocenters. The molecule has 0 saturated carbocycles. The normalized spacial score (nSPS) is 12.7. The fourth-order valence-electron chi connectivity index (χ4n) is 5.60. The van der Waals surface area contributed by atoms with Gasteiger partial charge in [-0.3, -0.25) is 0 Å². The van der Waals surface area contributed by atoms with Crippen molar-refractivity contribution in [2.24, 2.45) is 0 Å². The Morgan fingerprint density at radius 2 is 0.744 bits per heavy atom. The Morgan fingerprint density at radius 3 is 1.14 bits per heavy atom. The van der Waals surface area contributed by atoms with E-state index in [9.17, 15) is 0 Å². The molecule has 0 aromatic rings. The van der Waals surface area contributed by atoms with Gasteiger partial charge in [0.2, 0.25) is 0 Å². The first-order valence-corrected chi connectivity index (χ1v) is 19.3. The number of hydrogen-bond donors (Lipinski definition) is 0. The third kappa shape index (κ3) is 37.5. The van der Waals surface area contributed by atoms with Crippen LogP contribution in [0.2, 0.25) is 0 Å². The van der Waals surface area contributed by atoms with Crippen molar-refractivity contribution in [2.45, 2.75) is 200 Å². The molecular formula is C40H78O3. The molecule has 0 N–H and O–H groups in total. The summed E-state index contributed by atoms with van der Waals surface area (Å²) in [5.74, 6) is 0. The molecule has 0 bridgehead atoms. The van der Waals surface area contributed by atoms with Crippen LogP contribution in [0.4, 0.5) is 0 Å². The Labute approximate surface area is 271 Å². The second kappa shape index (κ2) is 39.4. The van der Waals surface area contributed by atoms with Crippen LogP contribution < -0.4 is 0 Å². The van der Waals surface area contributed by atoms with Crippen LogP contribution in [0.15, 0.2) is 24.3 Å².